The third kappa shape index (κ3) is 21.9. The van der Waals surface area contributed by atoms with Crippen LogP contribution in [0.25, 0.3) is 0 Å². The van der Waals surface area contributed by atoms with Crippen molar-refractivity contribution < 1.29 is 9.63 Å². The first-order chi connectivity index (χ1) is 14.2. The maximum Gasteiger partial charge on any atom is 0.325 e. The summed E-state index contributed by atoms with van der Waals surface area (Å²) in [4.78, 5) is 17.0. The molecule has 0 unspecified atom stereocenters. The van der Waals surface area contributed by atoms with Gasteiger partial charge in [-0.1, -0.05) is 122 Å². The molecular formula is C26H53NO2. The van der Waals surface area contributed by atoms with Crippen molar-refractivity contribution in [1.29, 1.82) is 0 Å². The molecule has 174 valence electrons. The Hall–Kier alpha value is -0.570. The molecule has 0 aliphatic rings. The van der Waals surface area contributed by atoms with E-state index in [1.54, 1.807) is 5.06 Å². The van der Waals surface area contributed by atoms with Gasteiger partial charge < -0.3 is 4.84 Å². The summed E-state index contributed by atoms with van der Waals surface area (Å²) in [6.07, 6.45) is 26.7. The molecule has 3 nitrogen and oxygen atoms in total. The van der Waals surface area contributed by atoms with E-state index in [0.29, 0.717) is 6.42 Å². The van der Waals surface area contributed by atoms with E-state index in [0.717, 1.165) is 25.9 Å². The zero-order valence-corrected chi connectivity index (χ0v) is 20.3. The summed E-state index contributed by atoms with van der Waals surface area (Å²) in [5.74, 6) is -0.0688. The van der Waals surface area contributed by atoms with Crippen LogP contribution in [0.3, 0.4) is 0 Å². The summed E-state index contributed by atoms with van der Waals surface area (Å²) in [6, 6.07) is 0. The highest BCUT2D eigenvalue weighted by atomic mass is 16.7. The second-order valence-electron chi connectivity index (χ2n) is 8.69. The number of hydrogen-bond acceptors (Lipinski definition) is 3. The number of nitrogens with zero attached hydrogens (tertiary/aromatic N) is 1. The molecule has 0 aromatic carbocycles. The Balaban J connectivity index is 3.14. The lowest BCUT2D eigenvalue weighted by Crippen LogP contribution is -2.26. The largest absolute Gasteiger partial charge is 0.368 e. The minimum Gasteiger partial charge on any atom is -0.368 e. The van der Waals surface area contributed by atoms with Gasteiger partial charge in [0, 0.05) is 19.5 Å². The van der Waals surface area contributed by atoms with Crippen molar-refractivity contribution in [1.82, 2.24) is 5.06 Å². The zero-order valence-electron chi connectivity index (χ0n) is 20.3. The van der Waals surface area contributed by atoms with Gasteiger partial charge >= 0.3 is 5.97 Å². The quantitative estimate of drug-likeness (QED) is 0.124. The molecule has 0 radical (unpaired) electrons. The minimum atomic E-state index is -0.0688. The van der Waals surface area contributed by atoms with Gasteiger partial charge in [0.05, 0.1) is 0 Å². The zero-order chi connectivity index (χ0) is 21.4. The molecule has 0 spiro atoms. The summed E-state index contributed by atoms with van der Waals surface area (Å²) in [7, 11) is 0. The Labute approximate surface area is 183 Å². The minimum absolute atomic E-state index is 0.0688. The molecule has 29 heavy (non-hydrogen) atoms. The van der Waals surface area contributed by atoms with Gasteiger partial charge in [-0.15, -0.1) is 5.06 Å². The van der Waals surface area contributed by atoms with Crippen LogP contribution < -0.4 is 0 Å². The molecule has 0 bridgehead atoms. The van der Waals surface area contributed by atoms with Gasteiger partial charge in [-0.25, -0.2) is 0 Å². The van der Waals surface area contributed by atoms with Crippen molar-refractivity contribution in [3.63, 3.8) is 0 Å². The number of carbonyl (C=O) groups is 1. The van der Waals surface area contributed by atoms with Crippen molar-refractivity contribution >= 4 is 5.97 Å². The van der Waals surface area contributed by atoms with E-state index in [1.807, 2.05) is 13.8 Å². The number of unbranched alkanes of at least 4 members (excludes halogenated alkanes) is 18. The smallest absolute Gasteiger partial charge is 0.325 e. The van der Waals surface area contributed by atoms with Crippen molar-refractivity contribution in [2.45, 2.75) is 149 Å². The summed E-state index contributed by atoms with van der Waals surface area (Å²) in [5.41, 5.74) is 0. The van der Waals surface area contributed by atoms with Gasteiger partial charge in [0.15, 0.2) is 0 Å². The monoisotopic (exact) mass is 411 g/mol. The summed E-state index contributed by atoms with van der Waals surface area (Å²) < 4.78 is 0. The normalized spacial score (nSPS) is 11.3. The molecule has 0 amide bonds. The average Bonchev–Trinajstić information content (AvgIpc) is 2.73. The lowest BCUT2D eigenvalue weighted by Gasteiger charge is -2.16. The second kappa shape index (κ2) is 23.7. The Morgan fingerprint density at radius 2 is 0.828 bits per heavy atom. The van der Waals surface area contributed by atoms with Crippen LogP contribution in [0.4, 0.5) is 0 Å². The van der Waals surface area contributed by atoms with Crippen LogP contribution in [0, 0.1) is 0 Å². The fraction of sp³-hybridized carbons (Fsp3) is 0.962. The van der Waals surface area contributed by atoms with Crippen LogP contribution in [0.15, 0.2) is 0 Å². The lowest BCUT2D eigenvalue weighted by atomic mass is 10.0. The molecule has 0 aromatic heterocycles. The van der Waals surface area contributed by atoms with Gasteiger partial charge in [-0.05, 0) is 20.3 Å². The summed E-state index contributed by atoms with van der Waals surface area (Å²) in [5, 5.41) is 1.72. The Bertz CT molecular complexity index is 329. The van der Waals surface area contributed by atoms with Crippen molar-refractivity contribution in [3.8, 4) is 0 Å². The van der Waals surface area contributed by atoms with E-state index in [4.69, 9.17) is 4.84 Å². The van der Waals surface area contributed by atoms with Crippen LogP contribution in [0.5, 0.6) is 0 Å². The van der Waals surface area contributed by atoms with Crippen molar-refractivity contribution in [2.24, 2.45) is 0 Å². The average molecular weight is 412 g/mol. The highest BCUT2D eigenvalue weighted by molar-refractivity contribution is 5.68. The standard InChI is InChI=1S/C26H53NO2/c1-4-7-8-9-10-11-12-13-14-15-16-17-18-19-20-21-22-23-24-25-26(28)29-27(5-2)6-3/h4-25H2,1-3H3. The summed E-state index contributed by atoms with van der Waals surface area (Å²) >= 11 is 0. The third-order valence-corrected chi connectivity index (χ3v) is 5.92. The topological polar surface area (TPSA) is 29.5 Å². The van der Waals surface area contributed by atoms with Gasteiger partial charge in [0.25, 0.3) is 0 Å². The maximum absolute atomic E-state index is 11.7. The molecule has 3 heteroatoms. The molecule has 0 atom stereocenters. The molecule has 0 aromatic rings. The van der Waals surface area contributed by atoms with Gasteiger partial charge in [-0.2, -0.15) is 0 Å². The fourth-order valence-corrected chi connectivity index (χ4v) is 3.89. The van der Waals surface area contributed by atoms with Crippen LogP contribution in [0.2, 0.25) is 0 Å². The first kappa shape index (κ1) is 28.4. The molecule has 0 saturated heterocycles. The Kier molecular flexibility index (Phi) is 23.2. The van der Waals surface area contributed by atoms with Gasteiger partial charge in [-0.3, -0.25) is 4.79 Å². The van der Waals surface area contributed by atoms with Crippen molar-refractivity contribution in [3.05, 3.63) is 0 Å². The Morgan fingerprint density at radius 1 is 0.517 bits per heavy atom. The molecule has 0 heterocycles. The van der Waals surface area contributed by atoms with Gasteiger partial charge in [0.1, 0.15) is 0 Å². The molecule has 0 rings (SSSR count). The lowest BCUT2D eigenvalue weighted by molar-refractivity contribution is -0.188. The van der Waals surface area contributed by atoms with Gasteiger partial charge in [0.2, 0.25) is 0 Å². The first-order valence-electron chi connectivity index (χ1n) is 13.2. The SMILES string of the molecule is CCCCCCCCCCCCCCCCCCCCCC(=O)ON(CC)CC. The first-order valence-corrected chi connectivity index (χ1v) is 13.2. The van der Waals surface area contributed by atoms with E-state index in [9.17, 15) is 4.79 Å². The predicted molar refractivity (Wildman–Crippen MR) is 127 cm³/mol. The summed E-state index contributed by atoms with van der Waals surface area (Å²) in [6.45, 7) is 7.84. The highest BCUT2D eigenvalue weighted by Crippen LogP contribution is 2.15. The van der Waals surface area contributed by atoms with E-state index in [1.165, 1.54) is 109 Å². The van der Waals surface area contributed by atoms with E-state index in [-0.39, 0.29) is 5.97 Å². The number of rotatable bonds is 23. The van der Waals surface area contributed by atoms with Crippen LogP contribution in [-0.4, -0.2) is 24.1 Å². The molecule has 0 saturated carbocycles. The van der Waals surface area contributed by atoms with Crippen LogP contribution in [-0.2, 0) is 9.63 Å². The number of hydroxylamine groups is 2. The van der Waals surface area contributed by atoms with E-state index in [2.05, 4.69) is 6.92 Å². The molecule has 0 N–H and O–H groups in total. The van der Waals surface area contributed by atoms with Crippen LogP contribution >= 0.6 is 0 Å². The van der Waals surface area contributed by atoms with Crippen LogP contribution in [0.1, 0.15) is 149 Å². The highest BCUT2D eigenvalue weighted by Gasteiger charge is 2.07. The maximum atomic E-state index is 11.7. The van der Waals surface area contributed by atoms with E-state index < -0.39 is 0 Å². The fourth-order valence-electron chi connectivity index (χ4n) is 3.89. The predicted octanol–water partition coefficient (Wildman–Crippen LogP) is 8.61. The molecule has 0 fully saturated rings. The second-order valence-corrected chi connectivity index (χ2v) is 8.69. The third-order valence-electron chi connectivity index (χ3n) is 5.92. The Morgan fingerprint density at radius 3 is 1.14 bits per heavy atom. The molecule has 0 aliphatic heterocycles. The molecular weight excluding hydrogens is 358 g/mol. The number of carbonyl (C=O) groups excluding carboxylic acids is 1. The van der Waals surface area contributed by atoms with Crippen molar-refractivity contribution in [2.75, 3.05) is 13.1 Å². The van der Waals surface area contributed by atoms with E-state index >= 15 is 0 Å². The number of hydrogen-bond donors (Lipinski definition) is 0. The molecule has 0 aliphatic carbocycles.